The smallest absolute Gasteiger partial charge is 0.407 e. The summed E-state index contributed by atoms with van der Waals surface area (Å²) >= 11 is 11.6. The van der Waals surface area contributed by atoms with E-state index in [-0.39, 0.29) is 11.6 Å². The zero-order chi connectivity index (χ0) is 28.6. The van der Waals surface area contributed by atoms with Gasteiger partial charge in [0.2, 0.25) is 0 Å². The van der Waals surface area contributed by atoms with Crippen LogP contribution in [0.25, 0.3) is 0 Å². The number of pyridine rings is 2. The lowest BCUT2D eigenvalue weighted by Gasteiger charge is -2.21. The van der Waals surface area contributed by atoms with Crippen LogP contribution < -0.4 is 20.7 Å². The van der Waals surface area contributed by atoms with Crippen molar-refractivity contribution in [2.24, 2.45) is 5.92 Å². The lowest BCUT2D eigenvalue weighted by molar-refractivity contribution is 0.0516. The van der Waals surface area contributed by atoms with Gasteiger partial charge in [-0.2, -0.15) is 0 Å². The van der Waals surface area contributed by atoms with E-state index < -0.39 is 17.6 Å². The monoisotopic (exact) mass is 569 g/mol. The first-order valence-corrected chi connectivity index (χ1v) is 13.1. The fourth-order valence-electron chi connectivity index (χ4n) is 3.30. The van der Waals surface area contributed by atoms with Crippen LogP contribution in [0.5, 0.6) is 5.75 Å². The van der Waals surface area contributed by atoms with E-state index in [1.165, 1.54) is 12.4 Å². The molecule has 206 valence electrons. The molecule has 3 aromatic rings. The van der Waals surface area contributed by atoms with Crippen LogP contribution in [0, 0.1) is 12.8 Å². The number of nitrogens with zero attached hydrogens (tertiary/aromatic N) is 2. The molecule has 1 atom stereocenters. The van der Waals surface area contributed by atoms with Crippen molar-refractivity contribution in [2.45, 2.75) is 40.2 Å². The Hall–Kier alpha value is -3.76. The van der Waals surface area contributed by atoms with E-state index in [0.717, 1.165) is 5.56 Å². The number of anilines is 2. The first-order chi connectivity index (χ1) is 18.4. The number of rotatable bonds is 9. The molecule has 0 spiro atoms. The molecule has 0 unspecified atom stereocenters. The molecule has 2 aromatic heterocycles. The Balaban J connectivity index is 1.67. The van der Waals surface area contributed by atoms with Gasteiger partial charge >= 0.3 is 6.09 Å². The second kappa shape index (κ2) is 13.3. The van der Waals surface area contributed by atoms with Crippen LogP contribution in [-0.2, 0) is 4.74 Å². The molecule has 0 aliphatic carbocycles. The molecule has 0 saturated carbocycles. The normalized spacial score (nSPS) is 11.7. The van der Waals surface area contributed by atoms with E-state index in [2.05, 4.69) is 25.9 Å². The number of ether oxygens (including phenoxy) is 2. The van der Waals surface area contributed by atoms with Crippen LogP contribution in [-0.4, -0.2) is 45.7 Å². The quantitative estimate of drug-likeness (QED) is 0.268. The fraction of sp³-hybridized carbons (Fsp3) is 0.321. The number of benzene rings is 1. The van der Waals surface area contributed by atoms with Gasteiger partial charge in [0.1, 0.15) is 22.2 Å². The average molecular weight is 570 g/mol. The Morgan fingerprint density at radius 1 is 1.10 bits per heavy atom. The van der Waals surface area contributed by atoms with E-state index in [9.17, 15) is 9.59 Å². The van der Waals surface area contributed by atoms with Crippen molar-refractivity contribution >= 4 is 52.3 Å². The molecule has 9 nitrogen and oxygen atoms in total. The number of thiocarbonyl (C=S) groups is 1. The molecule has 1 aromatic carbocycles. The number of halogens is 1. The molecule has 0 aliphatic rings. The highest BCUT2D eigenvalue weighted by Gasteiger charge is 2.19. The van der Waals surface area contributed by atoms with Crippen LogP contribution >= 0.6 is 23.8 Å². The SMILES string of the molecule is Cc1ccc(C(=S)Nc2cccnc2C(=O)Nc2ccc(Cl)cn2)c(OC[C@H](C)CNC(=O)OC(C)(C)C)c1. The van der Waals surface area contributed by atoms with E-state index in [4.69, 9.17) is 33.3 Å². The molecule has 11 heteroatoms. The van der Waals surface area contributed by atoms with Crippen molar-refractivity contribution in [1.29, 1.82) is 0 Å². The number of hydrogen-bond donors (Lipinski definition) is 3. The van der Waals surface area contributed by atoms with Crippen molar-refractivity contribution in [3.63, 3.8) is 0 Å². The average Bonchev–Trinajstić information content (AvgIpc) is 2.87. The zero-order valence-electron chi connectivity index (χ0n) is 22.5. The molecule has 0 fully saturated rings. The van der Waals surface area contributed by atoms with Gasteiger partial charge in [0.25, 0.3) is 5.91 Å². The van der Waals surface area contributed by atoms with Crippen molar-refractivity contribution in [1.82, 2.24) is 15.3 Å². The first kappa shape index (κ1) is 29.8. The molecular formula is C28H32ClN5O4S. The summed E-state index contributed by atoms with van der Waals surface area (Å²) in [6.07, 6.45) is 2.49. The van der Waals surface area contributed by atoms with Gasteiger partial charge < -0.3 is 25.4 Å². The highest BCUT2D eigenvalue weighted by Crippen LogP contribution is 2.24. The van der Waals surface area contributed by atoms with Crippen molar-refractivity contribution in [3.8, 4) is 5.75 Å². The van der Waals surface area contributed by atoms with E-state index in [0.29, 0.717) is 46.0 Å². The van der Waals surface area contributed by atoms with Crippen LogP contribution in [0.4, 0.5) is 16.3 Å². The highest BCUT2D eigenvalue weighted by molar-refractivity contribution is 7.81. The van der Waals surface area contributed by atoms with Crippen LogP contribution in [0.1, 0.15) is 49.3 Å². The Bertz CT molecular complexity index is 1330. The van der Waals surface area contributed by atoms with Gasteiger partial charge in [0.15, 0.2) is 5.69 Å². The number of aryl methyl sites for hydroxylation is 1. The summed E-state index contributed by atoms with van der Waals surface area (Å²) in [4.78, 5) is 33.5. The number of carbonyl (C=O) groups is 2. The highest BCUT2D eigenvalue weighted by atomic mass is 35.5. The maximum atomic E-state index is 12.9. The Kier molecular flexibility index (Phi) is 10.2. The molecular weight excluding hydrogens is 538 g/mol. The number of alkyl carbamates (subject to hydrolysis) is 1. The number of hydrogen-bond acceptors (Lipinski definition) is 7. The van der Waals surface area contributed by atoms with Gasteiger partial charge in [-0.05, 0) is 69.7 Å². The summed E-state index contributed by atoms with van der Waals surface area (Å²) in [5, 5.41) is 9.05. The third kappa shape index (κ3) is 9.49. The maximum absolute atomic E-state index is 12.9. The lowest BCUT2D eigenvalue weighted by Crippen LogP contribution is -2.35. The number of amides is 2. The summed E-state index contributed by atoms with van der Waals surface area (Å²) in [6.45, 7) is 10.1. The van der Waals surface area contributed by atoms with Crippen molar-refractivity contribution < 1.29 is 19.1 Å². The topological polar surface area (TPSA) is 114 Å². The fourth-order valence-corrected chi connectivity index (χ4v) is 3.69. The first-order valence-electron chi connectivity index (χ1n) is 12.3. The van der Waals surface area contributed by atoms with Gasteiger partial charge in [-0.25, -0.2) is 14.8 Å². The van der Waals surface area contributed by atoms with Crippen molar-refractivity contribution in [3.05, 3.63) is 76.7 Å². The molecule has 39 heavy (non-hydrogen) atoms. The largest absolute Gasteiger partial charge is 0.492 e. The summed E-state index contributed by atoms with van der Waals surface area (Å²) in [6, 6.07) is 12.3. The van der Waals surface area contributed by atoms with Crippen molar-refractivity contribution in [2.75, 3.05) is 23.8 Å². The van der Waals surface area contributed by atoms with E-state index in [1.54, 1.807) is 24.3 Å². The molecule has 0 bridgehead atoms. The summed E-state index contributed by atoms with van der Waals surface area (Å²) in [5.74, 6) is 0.467. The predicted molar refractivity (Wildman–Crippen MR) is 157 cm³/mol. The van der Waals surface area contributed by atoms with Gasteiger partial charge in [-0.15, -0.1) is 0 Å². The van der Waals surface area contributed by atoms with Crippen LogP contribution in [0.15, 0.2) is 54.9 Å². The minimum atomic E-state index is -0.565. The standard InChI is InChI=1S/C28H32ClN5O4S/c1-17-8-10-20(22(13-17)37-16-18(2)14-32-27(36)38-28(3,4)5)26(39)33-21-7-6-12-30-24(21)25(35)34-23-11-9-19(29)15-31-23/h6-13,15,18H,14,16H2,1-5H3,(H,32,36)(H,33,39)(H,31,34,35)/t18-/m1/s1. The van der Waals surface area contributed by atoms with Crippen LogP contribution in [0.3, 0.4) is 0 Å². The molecule has 2 amide bonds. The van der Waals surface area contributed by atoms with E-state index in [1.807, 2.05) is 52.8 Å². The van der Waals surface area contributed by atoms with Gasteiger partial charge in [0, 0.05) is 24.9 Å². The molecule has 3 rings (SSSR count). The number of nitrogens with one attached hydrogen (secondary N) is 3. The summed E-state index contributed by atoms with van der Waals surface area (Å²) in [7, 11) is 0. The van der Waals surface area contributed by atoms with Gasteiger partial charge in [-0.1, -0.05) is 36.8 Å². The van der Waals surface area contributed by atoms with Crippen LogP contribution in [0.2, 0.25) is 5.02 Å². The number of carbonyl (C=O) groups excluding carboxylic acids is 2. The van der Waals surface area contributed by atoms with E-state index >= 15 is 0 Å². The third-order valence-corrected chi connectivity index (χ3v) is 5.68. The Labute approximate surface area is 238 Å². The van der Waals surface area contributed by atoms with Gasteiger partial charge in [-0.3, -0.25) is 4.79 Å². The Morgan fingerprint density at radius 2 is 1.87 bits per heavy atom. The molecule has 0 radical (unpaired) electrons. The second-order valence-electron chi connectivity index (χ2n) is 9.97. The number of aromatic nitrogens is 2. The zero-order valence-corrected chi connectivity index (χ0v) is 24.1. The lowest BCUT2D eigenvalue weighted by atomic mass is 10.1. The molecule has 0 saturated heterocycles. The third-order valence-electron chi connectivity index (χ3n) is 5.14. The molecule has 2 heterocycles. The summed E-state index contributed by atoms with van der Waals surface area (Å²) in [5.41, 5.74) is 1.65. The predicted octanol–water partition coefficient (Wildman–Crippen LogP) is 6.02. The molecule has 0 aliphatic heterocycles. The molecule has 3 N–H and O–H groups in total. The van der Waals surface area contributed by atoms with Gasteiger partial charge in [0.05, 0.1) is 22.9 Å². The summed E-state index contributed by atoms with van der Waals surface area (Å²) < 4.78 is 11.4. The second-order valence-corrected chi connectivity index (χ2v) is 10.8. The maximum Gasteiger partial charge on any atom is 0.407 e. The minimum absolute atomic E-state index is 0.00232. The Morgan fingerprint density at radius 3 is 2.56 bits per heavy atom. The minimum Gasteiger partial charge on any atom is -0.492 e.